The number of carbonyl (C=O) groups excluding carboxylic acids is 1. The molecule has 1 aromatic rings. The van der Waals surface area contributed by atoms with E-state index in [4.69, 9.17) is 28.6 Å². The van der Waals surface area contributed by atoms with E-state index < -0.39 is 5.24 Å². The summed E-state index contributed by atoms with van der Waals surface area (Å²) in [5, 5.41) is -0.197. The summed E-state index contributed by atoms with van der Waals surface area (Å²) in [6.07, 6.45) is 0. The Morgan fingerprint density at radius 1 is 1.46 bits per heavy atom. The first-order chi connectivity index (χ1) is 6.11. The molecule has 0 spiro atoms. The number of carbonyl (C=O) groups is 1. The zero-order valence-electron chi connectivity index (χ0n) is 6.91. The third-order valence-corrected chi connectivity index (χ3v) is 1.64. The Morgan fingerprint density at radius 3 is 2.62 bits per heavy atom. The molecule has 0 saturated carbocycles. The molecule has 13 heavy (non-hydrogen) atoms. The molecule has 0 aliphatic heterocycles. The van der Waals surface area contributed by atoms with Crippen molar-refractivity contribution in [2.45, 2.75) is 6.92 Å². The van der Waals surface area contributed by atoms with Crippen LogP contribution in [0.3, 0.4) is 0 Å². The smallest absolute Gasteiger partial charge is 0.256 e. The number of thiocarbonyl (C=S) groups is 1. The first-order valence-corrected chi connectivity index (χ1v) is 4.37. The lowest BCUT2D eigenvalue weighted by Gasteiger charge is -2.05. The standard InChI is InChI=1S/C9H7ClO2S/c1-6(13)12-8-5-3-2-4-7(8)9(10)11/h2-5H,1H3. The largest absolute Gasteiger partial charge is 0.450 e. The van der Waals surface area contributed by atoms with E-state index in [1.165, 1.54) is 0 Å². The predicted octanol–water partition coefficient (Wildman–Crippen LogP) is 2.79. The van der Waals surface area contributed by atoms with E-state index in [0.717, 1.165) is 0 Å². The zero-order valence-corrected chi connectivity index (χ0v) is 8.48. The Labute approximate surface area is 86.5 Å². The van der Waals surface area contributed by atoms with Gasteiger partial charge in [0.15, 0.2) is 5.05 Å². The molecule has 0 N–H and O–H groups in total. The van der Waals surface area contributed by atoms with Crippen molar-refractivity contribution in [3.8, 4) is 5.75 Å². The maximum Gasteiger partial charge on any atom is 0.256 e. The van der Waals surface area contributed by atoms with Crippen molar-refractivity contribution in [2.75, 3.05) is 0 Å². The van der Waals surface area contributed by atoms with Crippen LogP contribution >= 0.6 is 23.8 Å². The fourth-order valence-electron chi connectivity index (χ4n) is 0.873. The molecule has 68 valence electrons. The molecule has 0 aromatic heterocycles. The van der Waals surface area contributed by atoms with Crippen LogP contribution in [0.15, 0.2) is 24.3 Å². The summed E-state index contributed by atoms with van der Waals surface area (Å²) >= 11 is 10.1. The number of hydrogen-bond acceptors (Lipinski definition) is 3. The quantitative estimate of drug-likeness (QED) is 0.560. The number of benzene rings is 1. The molecule has 0 aliphatic carbocycles. The first kappa shape index (κ1) is 10.2. The van der Waals surface area contributed by atoms with Crippen LogP contribution in [0.25, 0.3) is 0 Å². The van der Waals surface area contributed by atoms with E-state index in [9.17, 15) is 4.79 Å². The summed E-state index contributed by atoms with van der Waals surface area (Å²) in [4.78, 5) is 10.9. The molecule has 0 radical (unpaired) electrons. The molecule has 4 heteroatoms. The Morgan fingerprint density at radius 2 is 2.08 bits per heavy atom. The van der Waals surface area contributed by atoms with Gasteiger partial charge >= 0.3 is 0 Å². The minimum atomic E-state index is -0.549. The van der Waals surface area contributed by atoms with Crippen LogP contribution in [0.1, 0.15) is 17.3 Å². The molecule has 0 bridgehead atoms. The van der Waals surface area contributed by atoms with Crippen LogP contribution in [0.5, 0.6) is 5.75 Å². The summed E-state index contributed by atoms with van der Waals surface area (Å²) in [5.41, 5.74) is 0.327. The van der Waals surface area contributed by atoms with Gasteiger partial charge in [0.05, 0.1) is 5.56 Å². The van der Waals surface area contributed by atoms with Crippen molar-refractivity contribution >= 4 is 34.1 Å². The van der Waals surface area contributed by atoms with Crippen molar-refractivity contribution in [3.63, 3.8) is 0 Å². The van der Waals surface area contributed by atoms with Gasteiger partial charge in [-0.25, -0.2) is 0 Å². The Balaban J connectivity index is 3.04. The van der Waals surface area contributed by atoms with Gasteiger partial charge in [0.1, 0.15) is 5.75 Å². The average molecular weight is 215 g/mol. The van der Waals surface area contributed by atoms with Crippen LogP contribution < -0.4 is 4.74 Å². The molecule has 1 aromatic carbocycles. The van der Waals surface area contributed by atoms with Crippen LogP contribution in [0.2, 0.25) is 0 Å². The highest BCUT2D eigenvalue weighted by molar-refractivity contribution is 7.80. The maximum absolute atomic E-state index is 10.9. The Hall–Kier alpha value is -0.930. The summed E-state index contributed by atoms with van der Waals surface area (Å²) in [7, 11) is 0. The van der Waals surface area contributed by atoms with E-state index in [1.807, 2.05) is 0 Å². The molecule has 0 fully saturated rings. The molecule has 0 amide bonds. The molecule has 1 rings (SSSR count). The number of halogens is 1. The topological polar surface area (TPSA) is 26.3 Å². The number of ether oxygens (including phenoxy) is 1. The highest BCUT2D eigenvalue weighted by Crippen LogP contribution is 2.19. The second-order valence-electron chi connectivity index (χ2n) is 2.36. The van der Waals surface area contributed by atoms with Crippen molar-refractivity contribution in [1.29, 1.82) is 0 Å². The lowest BCUT2D eigenvalue weighted by Crippen LogP contribution is -2.02. The lowest BCUT2D eigenvalue weighted by molar-refractivity contribution is 0.108. The first-order valence-electron chi connectivity index (χ1n) is 3.58. The highest BCUT2D eigenvalue weighted by atomic mass is 35.5. The van der Waals surface area contributed by atoms with Gasteiger partial charge in [-0.3, -0.25) is 4.79 Å². The van der Waals surface area contributed by atoms with Crippen molar-refractivity contribution in [1.82, 2.24) is 0 Å². The van der Waals surface area contributed by atoms with Gasteiger partial charge < -0.3 is 4.74 Å². The third kappa shape index (κ3) is 2.79. The molecule has 0 heterocycles. The molecule has 0 atom stereocenters. The molecule has 0 saturated heterocycles. The minimum absolute atomic E-state index is 0.327. The summed E-state index contributed by atoms with van der Waals surface area (Å²) in [6.45, 7) is 1.63. The molecule has 2 nitrogen and oxygen atoms in total. The van der Waals surface area contributed by atoms with Crippen LogP contribution in [-0.2, 0) is 0 Å². The van der Waals surface area contributed by atoms with Crippen molar-refractivity contribution in [2.24, 2.45) is 0 Å². The second kappa shape index (κ2) is 4.35. The van der Waals surface area contributed by atoms with E-state index in [1.54, 1.807) is 31.2 Å². The molecular formula is C9H7ClO2S. The fourth-order valence-corrected chi connectivity index (χ4v) is 1.12. The molecule has 0 unspecified atom stereocenters. The van der Waals surface area contributed by atoms with E-state index in [2.05, 4.69) is 0 Å². The van der Waals surface area contributed by atoms with E-state index in [0.29, 0.717) is 16.4 Å². The minimum Gasteiger partial charge on any atom is -0.450 e. The van der Waals surface area contributed by atoms with Gasteiger partial charge in [0.25, 0.3) is 5.24 Å². The summed E-state index contributed by atoms with van der Waals surface area (Å²) in [5.74, 6) is 0.398. The monoisotopic (exact) mass is 214 g/mol. The number of para-hydroxylation sites is 1. The van der Waals surface area contributed by atoms with Crippen LogP contribution in [0.4, 0.5) is 0 Å². The third-order valence-electron chi connectivity index (χ3n) is 1.35. The van der Waals surface area contributed by atoms with E-state index >= 15 is 0 Å². The molecular weight excluding hydrogens is 208 g/mol. The average Bonchev–Trinajstić information content (AvgIpc) is 2.03. The Kier molecular flexibility index (Phi) is 3.39. The zero-order chi connectivity index (χ0) is 9.84. The predicted molar refractivity (Wildman–Crippen MR) is 55.5 cm³/mol. The normalized spacial score (nSPS) is 9.38. The van der Waals surface area contributed by atoms with Crippen LogP contribution in [-0.4, -0.2) is 10.3 Å². The Bertz CT molecular complexity index is 349. The van der Waals surface area contributed by atoms with Crippen molar-refractivity contribution in [3.05, 3.63) is 29.8 Å². The van der Waals surface area contributed by atoms with Gasteiger partial charge in [0.2, 0.25) is 0 Å². The maximum atomic E-state index is 10.9. The number of rotatable bonds is 2. The highest BCUT2D eigenvalue weighted by Gasteiger charge is 2.09. The summed E-state index contributed by atoms with van der Waals surface area (Å²) < 4.78 is 5.13. The van der Waals surface area contributed by atoms with Gasteiger partial charge in [-0.2, -0.15) is 0 Å². The van der Waals surface area contributed by atoms with Gasteiger partial charge in [-0.05, 0) is 36.0 Å². The summed E-state index contributed by atoms with van der Waals surface area (Å²) in [6, 6.07) is 6.69. The van der Waals surface area contributed by atoms with Gasteiger partial charge in [0, 0.05) is 6.92 Å². The fraction of sp³-hybridized carbons (Fsp3) is 0.111. The second-order valence-corrected chi connectivity index (χ2v) is 3.28. The number of hydrogen-bond donors (Lipinski definition) is 0. The van der Waals surface area contributed by atoms with Crippen LogP contribution in [0, 0.1) is 0 Å². The van der Waals surface area contributed by atoms with Gasteiger partial charge in [-0.1, -0.05) is 12.1 Å². The van der Waals surface area contributed by atoms with E-state index in [-0.39, 0.29) is 0 Å². The lowest BCUT2D eigenvalue weighted by atomic mass is 10.2. The van der Waals surface area contributed by atoms with Gasteiger partial charge in [-0.15, -0.1) is 0 Å². The molecule has 0 aliphatic rings. The van der Waals surface area contributed by atoms with Crippen molar-refractivity contribution < 1.29 is 9.53 Å². The SMILES string of the molecule is CC(=S)Oc1ccccc1C(=O)Cl.